The molecule has 0 saturated heterocycles. The van der Waals surface area contributed by atoms with Crippen molar-refractivity contribution in [1.29, 1.82) is 0 Å². The molecule has 0 fully saturated rings. The fraction of sp³-hybridized carbons (Fsp3) is 0.412. The predicted octanol–water partition coefficient (Wildman–Crippen LogP) is 4.00. The second kappa shape index (κ2) is 6.02. The van der Waals surface area contributed by atoms with Gasteiger partial charge in [0.05, 0.1) is 11.3 Å². The van der Waals surface area contributed by atoms with E-state index in [4.69, 9.17) is 11.6 Å². The third-order valence-corrected chi connectivity index (χ3v) is 4.33. The summed E-state index contributed by atoms with van der Waals surface area (Å²) in [4.78, 5) is 12.0. The maximum atomic E-state index is 12.0. The minimum Gasteiger partial charge on any atom is -0.294 e. The van der Waals surface area contributed by atoms with Crippen molar-refractivity contribution >= 4 is 17.4 Å². The smallest absolute Gasteiger partial charge is 0.166 e. The van der Waals surface area contributed by atoms with E-state index in [1.54, 1.807) is 0 Å². The molecule has 0 unspecified atom stereocenters. The summed E-state index contributed by atoms with van der Waals surface area (Å²) in [6.07, 6.45) is 4.61. The third-order valence-electron chi connectivity index (χ3n) is 4.08. The van der Waals surface area contributed by atoms with Gasteiger partial charge in [0.1, 0.15) is 0 Å². The second-order valence-corrected chi connectivity index (χ2v) is 6.07. The summed E-state index contributed by atoms with van der Waals surface area (Å²) in [5, 5.41) is 5.33. The Balaban J connectivity index is 1.67. The SMILES string of the molecule is Cc1nn(CCCc2ccc(Cl)cc2)c2c1C(=O)CCC2. The Morgan fingerprint density at radius 3 is 2.76 bits per heavy atom. The maximum absolute atomic E-state index is 12.0. The molecular formula is C17H19ClN2O. The molecule has 1 heterocycles. The van der Waals surface area contributed by atoms with Crippen molar-refractivity contribution in [2.45, 2.75) is 45.6 Å². The van der Waals surface area contributed by atoms with Gasteiger partial charge in [0.2, 0.25) is 0 Å². The lowest BCUT2D eigenvalue weighted by molar-refractivity contribution is 0.0971. The van der Waals surface area contributed by atoms with Gasteiger partial charge >= 0.3 is 0 Å². The van der Waals surface area contributed by atoms with Crippen LogP contribution in [0.2, 0.25) is 5.02 Å². The maximum Gasteiger partial charge on any atom is 0.166 e. The van der Waals surface area contributed by atoms with Gasteiger partial charge in [-0.1, -0.05) is 23.7 Å². The minimum absolute atomic E-state index is 0.262. The standard InChI is InChI=1S/C17H19ClN2O/c1-12-17-15(5-2-6-16(17)21)20(19-12)11-3-4-13-7-9-14(18)10-8-13/h7-10H,2-6,11H2,1H3. The highest BCUT2D eigenvalue weighted by molar-refractivity contribution is 6.30. The van der Waals surface area contributed by atoms with E-state index in [2.05, 4.69) is 17.2 Å². The van der Waals surface area contributed by atoms with E-state index in [-0.39, 0.29) is 5.78 Å². The summed E-state index contributed by atoms with van der Waals surface area (Å²) in [6.45, 7) is 2.81. The largest absolute Gasteiger partial charge is 0.294 e. The van der Waals surface area contributed by atoms with Gasteiger partial charge in [-0.15, -0.1) is 0 Å². The highest BCUT2D eigenvalue weighted by atomic mass is 35.5. The van der Waals surface area contributed by atoms with Crippen LogP contribution in [0.5, 0.6) is 0 Å². The molecular weight excluding hydrogens is 284 g/mol. The molecule has 1 aliphatic rings. The molecule has 1 aliphatic carbocycles. The average Bonchev–Trinajstić information content (AvgIpc) is 2.79. The Hall–Kier alpha value is -1.61. The summed E-state index contributed by atoms with van der Waals surface area (Å²) >= 11 is 5.89. The Morgan fingerprint density at radius 2 is 2.00 bits per heavy atom. The fourth-order valence-corrected chi connectivity index (χ4v) is 3.18. The zero-order chi connectivity index (χ0) is 14.8. The molecule has 2 aromatic rings. The highest BCUT2D eigenvalue weighted by Crippen LogP contribution is 2.24. The molecule has 1 aromatic heterocycles. The van der Waals surface area contributed by atoms with Gasteiger partial charge in [-0.2, -0.15) is 5.10 Å². The average molecular weight is 303 g/mol. The molecule has 3 nitrogen and oxygen atoms in total. The molecule has 0 saturated carbocycles. The summed E-state index contributed by atoms with van der Waals surface area (Å²) in [6, 6.07) is 7.98. The van der Waals surface area contributed by atoms with Crippen molar-refractivity contribution in [2.75, 3.05) is 0 Å². The van der Waals surface area contributed by atoms with Gasteiger partial charge < -0.3 is 0 Å². The normalized spacial score (nSPS) is 14.3. The topological polar surface area (TPSA) is 34.9 Å². The lowest BCUT2D eigenvalue weighted by Gasteiger charge is -2.13. The first kappa shape index (κ1) is 14.3. The molecule has 0 bridgehead atoms. The number of carbonyl (C=O) groups is 1. The van der Waals surface area contributed by atoms with Crippen LogP contribution in [-0.2, 0) is 19.4 Å². The number of ketones is 1. The lowest BCUT2D eigenvalue weighted by atomic mass is 9.95. The van der Waals surface area contributed by atoms with Crippen LogP contribution >= 0.6 is 11.6 Å². The fourth-order valence-electron chi connectivity index (χ4n) is 3.06. The Kier molecular flexibility index (Phi) is 4.11. The van der Waals surface area contributed by atoms with Gasteiger partial charge in [0.15, 0.2) is 5.78 Å². The summed E-state index contributed by atoms with van der Waals surface area (Å²) in [5.41, 5.74) is 4.20. The summed E-state index contributed by atoms with van der Waals surface area (Å²) in [5.74, 6) is 0.262. The lowest BCUT2D eigenvalue weighted by Crippen LogP contribution is -2.14. The molecule has 3 rings (SSSR count). The van der Waals surface area contributed by atoms with Crippen molar-refractivity contribution in [3.63, 3.8) is 0 Å². The number of rotatable bonds is 4. The summed E-state index contributed by atoms with van der Waals surface area (Å²) < 4.78 is 2.04. The Labute approximate surface area is 129 Å². The number of fused-ring (bicyclic) bond motifs is 1. The minimum atomic E-state index is 0.262. The first-order valence-electron chi connectivity index (χ1n) is 7.49. The van der Waals surface area contributed by atoms with Crippen molar-refractivity contribution in [2.24, 2.45) is 0 Å². The first-order valence-corrected chi connectivity index (χ1v) is 7.87. The van der Waals surface area contributed by atoms with E-state index in [1.165, 1.54) is 5.56 Å². The third kappa shape index (κ3) is 3.03. The van der Waals surface area contributed by atoms with Crippen molar-refractivity contribution < 1.29 is 4.79 Å². The van der Waals surface area contributed by atoms with Crippen molar-refractivity contribution in [3.05, 3.63) is 51.8 Å². The van der Waals surface area contributed by atoms with E-state index in [0.717, 1.165) is 54.2 Å². The van der Waals surface area contributed by atoms with Crippen LogP contribution in [0.1, 0.15) is 46.6 Å². The van der Waals surface area contributed by atoms with Crippen LogP contribution < -0.4 is 0 Å². The second-order valence-electron chi connectivity index (χ2n) is 5.64. The number of aryl methyl sites for hydroxylation is 3. The van der Waals surface area contributed by atoms with Gasteiger partial charge in [-0.25, -0.2) is 0 Å². The molecule has 0 spiro atoms. The number of benzene rings is 1. The van der Waals surface area contributed by atoms with Gasteiger partial charge in [-0.3, -0.25) is 9.48 Å². The molecule has 110 valence electrons. The van der Waals surface area contributed by atoms with E-state index in [0.29, 0.717) is 6.42 Å². The van der Waals surface area contributed by atoms with E-state index in [9.17, 15) is 4.79 Å². The van der Waals surface area contributed by atoms with Crippen LogP contribution in [0.4, 0.5) is 0 Å². The number of hydrogen-bond donors (Lipinski definition) is 0. The predicted molar refractivity (Wildman–Crippen MR) is 84.0 cm³/mol. The molecule has 21 heavy (non-hydrogen) atoms. The van der Waals surface area contributed by atoms with E-state index in [1.807, 2.05) is 23.7 Å². The number of carbonyl (C=O) groups excluding carboxylic acids is 1. The number of aromatic nitrogens is 2. The number of hydrogen-bond acceptors (Lipinski definition) is 2. The monoisotopic (exact) mass is 302 g/mol. The van der Waals surface area contributed by atoms with E-state index < -0.39 is 0 Å². The summed E-state index contributed by atoms with van der Waals surface area (Å²) in [7, 11) is 0. The van der Waals surface area contributed by atoms with Crippen LogP contribution in [0.25, 0.3) is 0 Å². The van der Waals surface area contributed by atoms with Crippen LogP contribution in [0.3, 0.4) is 0 Å². The number of halogens is 1. The van der Waals surface area contributed by atoms with Crippen LogP contribution in [-0.4, -0.2) is 15.6 Å². The van der Waals surface area contributed by atoms with Gasteiger partial charge in [-0.05, 0) is 50.3 Å². The molecule has 1 aromatic carbocycles. The van der Waals surface area contributed by atoms with E-state index >= 15 is 0 Å². The zero-order valence-electron chi connectivity index (χ0n) is 12.2. The zero-order valence-corrected chi connectivity index (χ0v) is 13.0. The van der Waals surface area contributed by atoms with Crippen molar-refractivity contribution in [3.8, 4) is 0 Å². The van der Waals surface area contributed by atoms with Gasteiger partial charge in [0, 0.05) is 23.7 Å². The molecule has 0 aliphatic heterocycles. The quantitative estimate of drug-likeness (QED) is 0.855. The Bertz CT molecular complexity index is 658. The molecule has 0 amide bonds. The Morgan fingerprint density at radius 1 is 1.24 bits per heavy atom. The molecule has 0 radical (unpaired) electrons. The molecule has 4 heteroatoms. The van der Waals surface area contributed by atoms with Crippen LogP contribution in [0.15, 0.2) is 24.3 Å². The van der Waals surface area contributed by atoms with Crippen molar-refractivity contribution in [1.82, 2.24) is 9.78 Å². The van der Waals surface area contributed by atoms with Gasteiger partial charge in [0.25, 0.3) is 0 Å². The highest BCUT2D eigenvalue weighted by Gasteiger charge is 2.24. The van der Waals surface area contributed by atoms with Crippen LogP contribution in [0, 0.1) is 6.92 Å². The first-order chi connectivity index (χ1) is 10.1. The molecule has 0 N–H and O–H groups in total. The number of nitrogens with zero attached hydrogens (tertiary/aromatic N) is 2. The molecule has 0 atom stereocenters. The number of Topliss-reactive ketones (excluding diaryl/α,β-unsaturated/α-hetero) is 1.